The molecule has 0 fully saturated rings. The number of aromatic nitrogens is 1. The maximum Gasteiger partial charge on any atom is 0.231 e. The van der Waals surface area contributed by atoms with Crippen LogP contribution < -0.4 is 5.32 Å². The van der Waals surface area contributed by atoms with Crippen molar-refractivity contribution in [2.75, 3.05) is 5.32 Å². The number of para-hydroxylation sites is 2. The lowest BCUT2D eigenvalue weighted by atomic mass is 10.1. The van der Waals surface area contributed by atoms with E-state index in [0.29, 0.717) is 29.1 Å². The fourth-order valence-corrected chi connectivity index (χ4v) is 2.23. The summed E-state index contributed by atoms with van der Waals surface area (Å²) in [5.41, 5.74) is 2.44. The zero-order valence-electron chi connectivity index (χ0n) is 12.2. The third kappa shape index (κ3) is 2.79. The first-order valence-corrected chi connectivity index (χ1v) is 7.16. The van der Waals surface area contributed by atoms with Crippen LogP contribution in [0.1, 0.15) is 19.8 Å². The number of anilines is 1. The number of carbonyl (C=O) groups excluding carboxylic acids is 1. The number of carbonyl (C=O) groups is 1. The summed E-state index contributed by atoms with van der Waals surface area (Å²) in [5, 5.41) is 12.9. The van der Waals surface area contributed by atoms with Crippen molar-refractivity contribution in [3.8, 4) is 17.2 Å². The van der Waals surface area contributed by atoms with Gasteiger partial charge in [-0.1, -0.05) is 19.1 Å². The number of hydrogen-bond acceptors (Lipinski definition) is 4. The summed E-state index contributed by atoms with van der Waals surface area (Å²) in [6.07, 6.45) is 1.23. The molecule has 0 aliphatic carbocycles. The minimum Gasteiger partial charge on any atom is -0.507 e. The van der Waals surface area contributed by atoms with E-state index < -0.39 is 0 Å². The van der Waals surface area contributed by atoms with Crippen LogP contribution in [-0.2, 0) is 4.79 Å². The van der Waals surface area contributed by atoms with Crippen molar-refractivity contribution < 1.29 is 14.3 Å². The van der Waals surface area contributed by atoms with Crippen LogP contribution in [0, 0.1) is 0 Å². The average molecular weight is 296 g/mol. The third-order valence-corrected chi connectivity index (χ3v) is 3.28. The number of amides is 1. The Hall–Kier alpha value is -2.82. The SMILES string of the molecule is CCCC(=O)Nc1ccc(-c2nc3ccccc3o2)c(O)c1. The van der Waals surface area contributed by atoms with Gasteiger partial charge in [-0.2, -0.15) is 0 Å². The van der Waals surface area contributed by atoms with E-state index in [1.807, 2.05) is 31.2 Å². The number of phenolic OH excluding ortho intramolecular Hbond substituents is 1. The molecular weight excluding hydrogens is 280 g/mol. The largest absolute Gasteiger partial charge is 0.507 e. The molecule has 5 nitrogen and oxygen atoms in total. The highest BCUT2D eigenvalue weighted by molar-refractivity contribution is 5.91. The molecule has 0 unspecified atom stereocenters. The molecule has 22 heavy (non-hydrogen) atoms. The van der Waals surface area contributed by atoms with Gasteiger partial charge in [0, 0.05) is 18.2 Å². The number of aromatic hydroxyl groups is 1. The Morgan fingerprint density at radius 3 is 2.82 bits per heavy atom. The van der Waals surface area contributed by atoms with E-state index in [-0.39, 0.29) is 11.7 Å². The van der Waals surface area contributed by atoms with Crippen LogP contribution in [0.25, 0.3) is 22.6 Å². The van der Waals surface area contributed by atoms with E-state index in [4.69, 9.17) is 4.42 Å². The Labute approximate surface area is 127 Å². The smallest absolute Gasteiger partial charge is 0.231 e. The fourth-order valence-electron chi connectivity index (χ4n) is 2.23. The van der Waals surface area contributed by atoms with Crippen LogP contribution >= 0.6 is 0 Å². The second-order valence-corrected chi connectivity index (χ2v) is 5.02. The molecule has 0 saturated carbocycles. The van der Waals surface area contributed by atoms with Crippen molar-refractivity contribution >= 4 is 22.7 Å². The maximum atomic E-state index is 11.6. The molecule has 112 valence electrons. The predicted octanol–water partition coefficient (Wildman–Crippen LogP) is 3.94. The molecule has 3 rings (SSSR count). The third-order valence-electron chi connectivity index (χ3n) is 3.28. The van der Waals surface area contributed by atoms with Crippen LogP contribution in [0.3, 0.4) is 0 Å². The van der Waals surface area contributed by atoms with Crippen molar-refractivity contribution in [3.63, 3.8) is 0 Å². The number of oxazole rings is 1. The van der Waals surface area contributed by atoms with Gasteiger partial charge in [0.25, 0.3) is 0 Å². The van der Waals surface area contributed by atoms with Gasteiger partial charge in [-0.3, -0.25) is 4.79 Å². The summed E-state index contributed by atoms with van der Waals surface area (Å²) < 4.78 is 5.64. The van der Waals surface area contributed by atoms with Crippen molar-refractivity contribution in [1.82, 2.24) is 4.98 Å². The maximum absolute atomic E-state index is 11.6. The number of benzene rings is 2. The van der Waals surface area contributed by atoms with E-state index in [0.717, 1.165) is 11.9 Å². The predicted molar refractivity (Wildman–Crippen MR) is 84.6 cm³/mol. The molecule has 2 aromatic carbocycles. The zero-order valence-corrected chi connectivity index (χ0v) is 12.2. The average Bonchev–Trinajstić information content (AvgIpc) is 2.91. The Kier molecular flexibility index (Phi) is 3.78. The molecule has 3 aromatic rings. The first-order valence-electron chi connectivity index (χ1n) is 7.16. The van der Waals surface area contributed by atoms with Crippen molar-refractivity contribution in [2.45, 2.75) is 19.8 Å². The highest BCUT2D eigenvalue weighted by atomic mass is 16.3. The van der Waals surface area contributed by atoms with Crippen molar-refractivity contribution in [1.29, 1.82) is 0 Å². The van der Waals surface area contributed by atoms with Crippen LogP contribution in [-0.4, -0.2) is 16.0 Å². The molecule has 1 amide bonds. The fraction of sp³-hybridized carbons (Fsp3) is 0.176. The summed E-state index contributed by atoms with van der Waals surface area (Å²) in [7, 11) is 0. The molecule has 0 saturated heterocycles. The normalized spacial score (nSPS) is 10.8. The highest BCUT2D eigenvalue weighted by Gasteiger charge is 2.13. The molecule has 2 N–H and O–H groups in total. The Morgan fingerprint density at radius 1 is 1.27 bits per heavy atom. The monoisotopic (exact) mass is 296 g/mol. The van der Waals surface area contributed by atoms with Gasteiger partial charge in [-0.25, -0.2) is 4.98 Å². The van der Waals surface area contributed by atoms with Crippen molar-refractivity contribution in [3.05, 3.63) is 42.5 Å². The highest BCUT2D eigenvalue weighted by Crippen LogP contribution is 2.33. The Bertz CT molecular complexity index is 791. The summed E-state index contributed by atoms with van der Waals surface area (Å²) in [6.45, 7) is 1.94. The second kappa shape index (κ2) is 5.89. The summed E-state index contributed by atoms with van der Waals surface area (Å²) in [5.74, 6) is 0.294. The van der Waals surface area contributed by atoms with Gasteiger partial charge < -0.3 is 14.8 Å². The Morgan fingerprint density at radius 2 is 2.09 bits per heavy atom. The van der Waals surface area contributed by atoms with E-state index in [9.17, 15) is 9.90 Å². The van der Waals surface area contributed by atoms with Crippen LogP contribution in [0.15, 0.2) is 46.9 Å². The van der Waals surface area contributed by atoms with E-state index in [2.05, 4.69) is 10.3 Å². The van der Waals surface area contributed by atoms with Gasteiger partial charge in [0.15, 0.2) is 5.58 Å². The first kappa shape index (κ1) is 14.1. The van der Waals surface area contributed by atoms with E-state index >= 15 is 0 Å². The van der Waals surface area contributed by atoms with Gasteiger partial charge in [-0.05, 0) is 30.7 Å². The standard InChI is InChI=1S/C17H16N2O3/c1-2-5-16(21)18-11-8-9-12(14(20)10-11)17-19-13-6-3-4-7-15(13)22-17/h3-4,6-10,20H,2,5H2,1H3,(H,18,21). The lowest BCUT2D eigenvalue weighted by Gasteiger charge is -2.06. The summed E-state index contributed by atoms with van der Waals surface area (Å²) in [6, 6.07) is 12.3. The van der Waals surface area contributed by atoms with Gasteiger partial charge in [0.05, 0.1) is 5.56 Å². The van der Waals surface area contributed by atoms with Crippen LogP contribution in [0.5, 0.6) is 5.75 Å². The number of nitrogens with one attached hydrogen (secondary N) is 1. The summed E-state index contributed by atoms with van der Waals surface area (Å²) in [4.78, 5) is 15.9. The molecule has 5 heteroatoms. The van der Waals surface area contributed by atoms with Gasteiger partial charge in [0.2, 0.25) is 11.8 Å². The van der Waals surface area contributed by atoms with Crippen molar-refractivity contribution in [2.24, 2.45) is 0 Å². The molecule has 0 aliphatic rings. The van der Waals surface area contributed by atoms with Gasteiger partial charge in [-0.15, -0.1) is 0 Å². The molecule has 1 heterocycles. The number of phenols is 1. The summed E-state index contributed by atoms with van der Waals surface area (Å²) >= 11 is 0. The molecular formula is C17H16N2O3. The Balaban J connectivity index is 1.90. The van der Waals surface area contributed by atoms with Crippen LogP contribution in [0.2, 0.25) is 0 Å². The number of hydrogen-bond donors (Lipinski definition) is 2. The molecule has 0 spiro atoms. The molecule has 0 atom stereocenters. The lowest BCUT2D eigenvalue weighted by molar-refractivity contribution is -0.116. The van der Waals surface area contributed by atoms with E-state index in [1.54, 1.807) is 12.1 Å². The topological polar surface area (TPSA) is 75.4 Å². The minimum atomic E-state index is -0.0727. The first-order chi connectivity index (χ1) is 10.7. The molecule has 0 aliphatic heterocycles. The lowest BCUT2D eigenvalue weighted by Crippen LogP contribution is -2.10. The minimum absolute atomic E-state index is 0.0147. The number of rotatable bonds is 4. The van der Waals surface area contributed by atoms with E-state index in [1.165, 1.54) is 6.07 Å². The molecule has 0 radical (unpaired) electrons. The van der Waals surface area contributed by atoms with Crippen LogP contribution in [0.4, 0.5) is 5.69 Å². The second-order valence-electron chi connectivity index (χ2n) is 5.02. The number of fused-ring (bicyclic) bond motifs is 1. The molecule has 1 aromatic heterocycles. The molecule has 0 bridgehead atoms. The number of nitrogens with zero attached hydrogens (tertiary/aromatic N) is 1. The zero-order chi connectivity index (χ0) is 15.5. The van der Waals surface area contributed by atoms with Gasteiger partial charge >= 0.3 is 0 Å². The van der Waals surface area contributed by atoms with Gasteiger partial charge in [0.1, 0.15) is 11.3 Å². The quantitative estimate of drug-likeness (QED) is 0.764.